The topological polar surface area (TPSA) is 0 Å². The minimum atomic E-state index is -0.738. The van der Waals surface area contributed by atoms with Gasteiger partial charge in [-0.25, -0.2) is 8.78 Å². The van der Waals surface area contributed by atoms with Crippen LogP contribution in [0.25, 0.3) is 0 Å². The van der Waals surface area contributed by atoms with Crippen molar-refractivity contribution in [1.82, 2.24) is 0 Å². The van der Waals surface area contributed by atoms with Gasteiger partial charge in [-0.2, -0.15) is 0 Å². The van der Waals surface area contributed by atoms with Crippen molar-refractivity contribution in [2.24, 2.45) is 17.8 Å². The standard InChI is InChI=1S/C26H42F2Si/c1-2-3-6-17-29-18-15-24(16-19-29)23-12-9-21(10-13-23)7-4-5-8-22-11-14-25(27)26(28)20-22/h11,14,20-21,23-24,29H,2-10,12-13,15-19H2,1H3/t21-,23-,24?,29?. The largest absolute Gasteiger partial charge is 0.204 e. The number of aryl methyl sites for hydroxylation is 1. The van der Waals surface area contributed by atoms with Crippen LogP contribution in [0.15, 0.2) is 18.2 Å². The van der Waals surface area contributed by atoms with Gasteiger partial charge in [-0.3, -0.25) is 0 Å². The summed E-state index contributed by atoms with van der Waals surface area (Å²) in [6.07, 6.45) is 17.8. The van der Waals surface area contributed by atoms with E-state index in [1.165, 1.54) is 69.9 Å². The van der Waals surface area contributed by atoms with Gasteiger partial charge < -0.3 is 0 Å². The molecule has 1 aliphatic carbocycles. The summed E-state index contributed by atoms with van der Waals surface area (Å²) < 4.78 is 26.3. The lowest BCUT2D eigenvalue weighted by Crippen LogP contribution is -2.28. The summed E-state index contributed by atoms with van der Waals surface area (Å²) in [5, 5.41) is 0. The van der Waals surface area contributed by atoms with Crippen molar-refractivity contribution in [2.45, 2.75) is 109 Å². The SMILES string of the molecule is CCCCC[SiH]1CCC([C@H]2CC[C@H](CCCCc3ccc(F)c(F)c3)CC2)CC1. The molecular formula is C26H42F2Si. The number of unbranched alkanes of at least 4 members (excludes halogenated alkanes) is 3. The highest BCUT2D eigenvalue weighted by molar-refractivity contribution is 6.58. The first kappa shape index (κ1) is 23.0. The van der Waals surface area contributed by atoms with Crippen LogP contribution in [0, 0.1) is 29.4 Å². The number of rotatable bonds is 10. The predicted octanol–water partition coefficient (Wildman–Crippen LogP) is 8.31. The molecule has 0 spiro atoms. The molecule has 1 saturated heterocycles. The van der Waals surface area contributed by atoms with Gasteiger partial charge in [-0.15, -0.1) is 0 Å². The lowest BCUT2D eigenvalue weighted by Gasteiger charge is -2.37. The zero-order valence-electron chi connectivity index (χ0n) is 18.6. The third-order valence-corrected chi connectivity index (χ3v) is 11.5. The van der Waals surface area contributed by atoms with E-state index < -0.39 is 11.6 Å². The maximum atomic E-state index is 13.3. The van der Waals surface area contributed by atoms with E-state index in [1.54, 1.807) is 37.0 Å². The first-order valence-corrected chi connectivity index (χ1v) is 15.0. The van der Waals surface area contributed by atoms with Gasteiger partial charge >= 0.3 is 0 Å². The molecule has 1 heterocycles. The highest BCUT2D eigenvalue weighted by Gasteiger charge is 2.30. The maximum absolute atomic E-state index is 13.3. The van der Waals surface area contributed by atoms with Crippen LogP contribution in [0.2, 0.25) is 18.1 Å². The van der Waals surface area contributed by atoms with Crippen molar-refractivity contribution >= 4 is 8.80 Å². The van der Waals surface area contributed by atoms with Crippen LogP contribution in [-0.4, -0.2) is 8.80 Å². The first-order valence-electron chi connectivity index (χ1n) is 12.6. The molecule has 0 atom stereocenters. The van der Waals surface area contributed by atoms with Crippen LogP contribution in [0.1, 0.15) is 89.5 Å². The summed E-state index contributed by atoms with van der Waals surface area (Å²) >= 11 is 0. The Bertz CT molecular complexity index is 586. The highest BCUT2D eigenvalue weighted by Crippen LogP contribution is 2.42. The van der Waals surface area contributed by atoms with Gasteiger partial charge in [-0.1, -0.05) is 88.9 Å². The van der Waals surface area contributed by atoms with Gasteiger partial charge in [0.1, 0.15) is 0 Å². The summed E-state index contributed by atoms with van der Waals surface area (Å²) in [5.74, 6) is 1.55. The molecule has 1 saturated carbocycles. The van der Waals surface area contributed by atoms with Crippen LogP contribution in [-0.2, 0) is 6.42 Å². The first-order chi connectivity index (χ1) is 14.2. The quantitative estimate of drug-likeness (QED) is 0.264. The monoisotopic (exact) mass is 420 g/mol. The number of hydrogen-bond donors (Lipinski definition) is 0. The molecule has 0 nitrogen and oxygen atoms in total. The Balaban J connectivity index is 1.26. The minimum Gasteiger partial charge on any atom is -0.204 e. The van der Waals surface area contributed by atoms with Crippen LogP contribution in [0.5, 0.6) is 0 Å². The van der Waals surface area contributed by atoms with Crippen LogP contribution < -0.4 is 0 Å². The van der Waals surface area contributed by atoms with Crippen molar-refractivity contribution < 1.29 is 8.78 Å². The van der Waals surface area contributed by atoms with Crippen molar-refractivity contribution in [3.63, 3.8) is 0 Å². The molecule has 2 fully saturated rings. The lowest BCUT2D eigenvalue weighted by molar-refractivity contribution is 0.184. The fourth-order valence-corrected chi connectivity index (χ4v) is 9.57. The molecule has 1 aromatic carbocycles. The number of halogens is 2. The summed E-state index contributed by atoms with van der Waals surface area (Å²) in [6, 6.07) is 9.24. The molecule has 164 valence electrons. The highest BCUT2D eigenvalue weighted by atomic mass is 28.3. The summed E-state index contributed by atoms with van der Waals surface area (Å²) in [6.45, 7) is 2.32. The molecule has 3 heteroatoms. The van der Waals surface area contributed by atoms with E-state index in [-0.39, 0.29) is 8.80 Å². The predicted molar refractivity (Wildman–Crippen MR) is 123 cm³/mol. The molecule has 29 heavy (non-hydrogen) atoms. The van der Waals surface area contributed by atoms with Gasteiger partial charge in [0, 0.05) is 8.80 Å². The van der Waals surface area contributed by atoms with Crippen molar-refractivity contribution in [1.29, 1.82) is 0 Å². The normalized spacial score (nSPS) is 27.8. The second-order valence-corrected chi connectivity index (χ2v) is 13.5. The number of benzene rings is 1. The summed E-state index contributed by atoms with van der Waals surface area (Å²) in [5.41, 5.74) is 0.932. The van der Waals surface area contributed by atoms with E-state index in [0.29, 0.717) is 0 Å². The second-order valence-electron chi connectivity index (χ2n) is 10.1. The van der Waals surface area contributed by atoms with Crippen molar-refractivity contribution in [3.8, 4) is 0 Å². The zero-order chi connectivity index (χ0) is 20.5. The molecule has 0 amide bonds. The van der Waals surface area contributed by atoms with Gasteiger partial charge in [0.15, 0.2) is 11.6 Å². The fourth-order valence-electron chi connectivity index (χ4n) is 6.04. The maximum Gasteiger partial charge on any atom is 0.159 e. The molecule has 1 aliphatic heterocycles. The van der Waals surface area contributed by atoms with Crippen molar-refractivity contribution in [2.75, 3.05) is 0 Å². The Labute approximate surface area is 179 Å². The smallest absolute Gasteiger partial charge is 0.159 e. The van der Waals surface area contributed by atoms with Crippen LogP contribution in [0.3, 0.4) is 0 Å². The van der Waals surface area contributed by atoms with E-state index in [2.05, 4.69) is 6.92 Å². The Hall–Kier alpha value is -0.703. The van der Waals surface area contributed by atoms with Crippen LogP contribution >= 0.6 is 0 Å². The Morgan fingerprint density at radius 3 is 2.24 bits per heavy atom. The molecule has 2 aliphatic rings. The molecule has 0 bridgehead atoms. The van der Waals surface area contributed by atoms with E-state index in [1.807, 2.05) is 0 Å². The van der Waals surface area contributed by atoms with E-state index in [9.17, 15) is 8.78 Å². The Kier molecular flexibility index (Phi) is 9.68. The number of hydrogen-bond acceptors (Lipinski definition) is 0. The average Bonchev–Trinajstić information content (AvgIpc) is 2.75. The molecule has 0 radical (unpaired) electrons. The fraction of sp³-hybridized carbons (Fsp3) is 0.769. The van der Waals surface area contributed by atoms with E-state index in [4.69, 9.17) is 0 Å². The van der Waals surface area contributed by atoms with Gasteiger partial charge in [0.25, 0.3) is 0 Å². The zero-order valence-corrected chi connectivity index (χ0v) is 19.8. The summed E-state index contributed by atoms with van der Waals surface area (Å²) in [7, 11) is -0.359. The van der Waals surface area contributed by atoms with E-state index in [0.717, 1.165) is 36.2 Å². The third-order valence-electron chi connectivity index (χ3n) is 7.98. The van der Waals surface area contributed by atoms with Gasteiger partial charge in [0.2, 0.25) is 0 Å². The van der Waals surface area contributed by atoms with E-state index >= 15 is 0 Å². The molecular weight excluding hydrogens is 378 g/mol. The molecule has 3 rings (SSSR count). The Morgan fingerprint density at radius 2 is 1.55 bits per heavy atom. The molecule has 1 aromatic rings. The third kappa shape index (κ3) is 7.49. The Morgan fingerprint density at radius 1 is 0.828 bits per heavy atom. The van der Waals surface area contributed by atoms with Crippen molar-refractivity contribution in [3.05, 3.63) is 35.4 Å². The minimum absolute atomic E-state index is 0.359. The summed E-state index contributed by atoms with van der Waals surface area (Å²) in [4.78, 5) is 0. The van der Waals surface area contributed by atoms with Gasteiger partial charge in [-0.05, 0) is 61.1 Å². The second kappa shape index (κ2) is 12.2. The van der Waals surface area contributed by atoms with Gasteiger partial charge in [0.05, 0.1) is 0 Å². The lowest BCUT2D eigenvalue weighted by atomic mass is 9.73. The average molecular weight is 421 g/mol. The molecule has 0 unspecified atom stereocenters. The molecule has 0 aromatic heterocycles. The molecule has 0 N–H and O–H groups in total. The van der Waals surface area contributed by atoms with Crippen LogP contribution in [0.4, 0.5) is 8.78 Å².